The molecule has 27 heavy (non-hydrogen) atoms. The van der Waals surface area contributed by atoms with E-state index in [1.807, 2.05) is 12.1 Å². The first kappa shape index (κ1) is 17.3. The second-order valence-corrected chi connectivity index (χ2v) is 7.80. The van der Waals surface area contributed by atoms with Crippen LogP contribution in [0.1, 0.15) is 36.7 Å². The smallest absolute Gasteiger partial charge is 0.407 e. The van der Waals surface area contributed by atoms with Gasteiger partial charge in [-0.25, -0.2) is 9.59 Å². The maximum Gasteiger partial charge on any atom is 0.407 e. The van der Waals surface area contributed by atoms with Gasteiger partial charge in [-0.3, -0.25) is 9.69 Å². The van der Waals surface area contributed by atoms with Crippen LogP contribution in [0.2, 0.25) is 0 Å². The summed E-state index contributed by atoms with van der Waals surface area (Å²) in [4.78, 5) is 39.5. The first-order valence-corrected chi connectivity index (χ1v) is 9.18. The SMILES string of the molecule is Nc1sc2c(c1C(=O)O)C[C@@H](CN1Cc3ccccc3C1=O)N(C(=O)O)C2. The molecule has 4 N–H and O–H groups in total. The van der Waals surface area contributed by atoms with E-state index in [9.17, 15) is 24.6 Å². The number of fused-ring (bicyclic) bond motifs is 2. The normalized spacial score (nSPS) is 18.4. The Morgan fingerprint density at radius 1 is 1.22 bits per heavy atom. The number of carboxylic acid groups (broad SMARTS) is 2. The van der Waals surface area contributed by atoms with Crippen molar-refractivity contribution in [3.63, 3.8) is 0 Å². The Labute approximate surface area is 158 Å². The summed E-state index contributed by atoms with van der Waals surface area (Å²) in [7, 11) is 0. The molecule has 0 aliphatic carbocycles. The molecule has 0 saturated carbocycles. The van der Waals surface area contributed by atoms with E-state index in [0.717, 1.165) is 16.9 Å². The van der Waals surface area contributed by atoms with Gasteiger partial charge in [0.25, 0.3) is 5.91 Å². The third kappa shape index (κ3) is 2.80. The highest BCUT2D eigenvalue weighted by molar-refractivity contribution is 7.16. The molecular weight excluding hydrogens is 370 g/mol. The van der Waals surface area contributed by atoms with E-state index in [0.29, 0.717) is 22.5 Å². The monoisotopic (exact) mass is 387 g/mol. The van der Waals surface area contributed by atoms with E-state index in [4.69, 9.17) is 5.73 Å². The van der Waals surface area contributed by atoms with E-state index < -0.39 is 18.1 Å². The molecule has 0 bridgehead atoms. The van der Waals surface area contributed by atoms with Crippen molar-refractivity contribution in [1.29, 1.82) is 0 Å². The Kier molecular flexibility index (Phi) is 4.03. The van der Waals surface area contributed by atoms with Gasteiger partial charge in [0.1, 0.15) is 5.00 Å². The fraction of sp³-hybridized carbons (Fsp3) is 0.278. The van der Waals surface area contributed by atoms with Crippen molar-refractivity contribution in [2.75, 3.05) is 12.3 Å². The molecule has 9 heteroatoms. The minimum atomic E-state index is -1.11. The van der Waals surface area contributed by atoms with Gasteiger partial charge in [-0.2, -0.15) is 0 Å². The summed E-state index contributed by atoms with van der Waals surface area (Å²) in [5.41, 5.74) is 8.01. The molecule has 1 atom stereocenters. The molecule has 2 aliphatic heterocycles. The van der Waals surface area contributed by atoms with Crippen molar-refractivity contribution in [2.24, 2.45) is 0 Å². The molecule has 0 fully saturated rings. The minimum absolute atomic E-state index is 0.0565. The first-order chi connectivity index (χ1) is 12.9. The molecule has 140 valence electrons. The van der Waals surface area contributed by atoms with Crippen LogP contribution in [0, 0.1) is 0 Å². The van der Waals surface area contributed by atoms with Gasteiger partial charge in [-0.15, -0.1) is 11.3 Å². The lowest BCUT2D eigenvalue weighted by Gasteiger charge is -2.36. The lowest BCUT2D eigenvalue weighted by Crippen LogP contribution is -2.49. The maximum atomic E-state index is 12.6. The maximum absolute atomic E-state index is 12.6. The van der Waals surface area contributed by atoms with E-state index >= 15 is 0 Å². The topological polar surface area (TPSA) is 124 Å². The quantitative estimate of drug-likeness (QED) is 0.741. The molecule has 0 spiro atoms. The predicted octanol–water partition coefficient (Wildman–Crippen LogP) is 2.09. The predicted molar refractivity (Wildman–Crippen MR) is 97.9 cm³/mol. The average molecular weight is 387 g/mol. The number of hydrogen-bond acceptors (Lipinski definition) is 5. The Balaban J connectivity index is 1.63. The average Bonchev–Trinajstić information content (AvgIpc) is 3.10. The summed E-state index contributed by atoms with van der Waals surface area (Å²) in [6.45, 7) is 0.698. The van der Waals surface area contributed by atoms with Crippen molar-refractivity contribution in [3.8, 4) is 0 Å². The summed E-state index contributed by atoms with van der Waals surface area (Å²) >= 11 is 1.11. The number of benzene rings is 1. The number of anilines is 1. The number of nitrogens with zero attached hydrogens (tertiary/aromatic N) is 2. The number of rotatable bonds is 3. The Hall–Kier alpha value is -3.07. The molecule has 8 nitrogen and oxygen atoms in total. The first-order valence-electron chi connectivity index (χ1n) is 8.37. The number of aromatic carboxylic acids is 1. The fourth-order valence-corrected chi connectivity index (χ4v) is 4.93. The molecule has 1 aromatic carbocycles. The van der Waals surface area contributed by atoms with Crippen LogP contribution in [0.15, 0.2) is 24.3 Å². The third-order valence-corrected chi connectivity index (χ3v) is 6.15. The standard InChI is InChI=1S/C18H17N3O5S/c19-15-14(17(23)24)12-5-10(21(18(25)26)8-13(12)27-15)7-20-6-9-3-1-2-4-11(9)16(20)22/h1-4,10H,5-8,19H2,(H,23,24)(H,25,26)/t10-/m0/s1. The van der Waals surface area contributed by atoms with Crippen LogP contribution >= 0.6 is 11.3 Å². The van der Waals surface area contributed by atoms with Gasteiger partial charge < -0.3 is 20.8 Å². The van der Waals surface area contributed by atoms with Crippen LogP contribution in [-0.2, 0) is 19.5 Å². The fourth-order valence-electron chi connectivity index (χ4n) is 3.84. The second-order valence-electron chi connectivity index (χ2n) is 6.66. The minimum Gasteiger partial charge on any atom is -0.478 e. The number of thiophene rings is 1. The highest BCUT2D eigenvalue weighted by Gasteiger charge is 2.38. The van der Waals surface area contributed by atoms with E-state index in [-0.39, 0.29) is 36.0 Å². The summed E-state index contributed by atoms with van der Waals surface area (Å²) in [6, 6.07) is 6.76. The van der Waals surface area contributed by atoms with Crippen LogP contribution in [0.5, 0.6) is 0 Å². The number of hydrogen-bond donors (Lipinski definition) is 3. The van der Waals surface area contributed by atoms with Crippen LogP contribution in [0.4, 0.5) is 9.80 Å². The molecule has 4 rings (SSSR count). The number of nitrogens with two attached hydrogens (primary N) is 1. The molecule has 2 amide bonds. The van der Waals surface area contributed by atoms with Crippen molar-refractivity contribution in [3.05, 3.63) is 51.4 Å². The van der Waals surface area contributed by atoms with Gasteiger partial charge in [-0.1, -0.05) is 18.2 Å². The highest BCUT2D eigenvalue weighted by Crippen LogP contribution is 2.37. The molecule has 0 saturated heterocycles. The zero-order valence-corrected chi connectivity index (χ0v) is 15.0. The number of carbonyl (C=O) groups excluding carboxylic acids is 1. The van der Waals surface area contributed by atoms with Crippen LogP contribution < -0.4 is 5.73 Å². The largest absolute Gasteiger partial charge is 0.478 e. The van der Waals surface area contributed by atoms with Crippen LogP contribution in [0.3, 0.4) is 0 Å². The van der Waals surface area contributed by atoms with E-state index in [2.05, 4.69) is 0 Å². The second kappa shape index (κ2) is 6.27. The van der Waals surface area contributed by atoms with E-state index in [1.54, 1.807) is 17.0 Å². The zero-order chi connectivity index (χ0) is 19.3. The van der Waals surface area contributed by atoms with Crippen molar-refractivity contribution in [2.45, 2.75) is 25.6 Å². The summed E-state index contributed by atoms with van der Waals surface area (Å²) in [5.74, 6) is -1.25. The lowest BCUT2D eigenvalue weighted by molar-refractivity contribution is 0.0652. The molecule has 0 unspecified atom stereocenters. The van der Waals surface area contributed by atoms with Crippen LogP contribution in [0.25, 0.3) is 0 Å². The van der Waals surface area contributed by atoms with Crippen molar-refractivity contribution < 1.29 is 24.6 Å². The molecule has 2 aliphatic rings. The Bertz CT molecular complexity index is 970. The van der Waals surface area contributed by atoms with E-state index in [1.165, 1.54) is 4.90 Å². The summed E-state index contributed by atoms with van der Waals surface area (Å²) < 4.78 is 0. The summed E-state index contributed by atoms with van der Waals surface area (Å²) in [5, 5.41) is 19.2. The Morgan fingerprint density at radius 2 is 1.96 bits per heavy atom. The van der Waals surface area contributed by atoms with Gasteiger partial charge in [-0.05, 0) is 23.6 Å². The van der Waals surface area contributed by atoms with Gasteiger partial charge in [0.05, 0.1) is 18.2 Å². The van der Waals surface area contributed by atoms with Crippen molar-refractivity contribution in [1.82, 2.24) is 9.80 Å². The molecule has 0 radical (unpaired) electrons. The van der Waals surface area contributed by atoms with Gasteiger partial charge in [0.15, 0.2) is 0 Å². The summed E-state index contributed by atoms with van der Waals surface area (Å²) in [6.07, 6.45) is -0.879. The third-order valence-electron chi connectivity index (χ3n) is 5.10. The molecular formula is C18H17N3O5S. The van der Waals surface area contributed by atoms with Crippen LogP contribution in [-0.4, -0.2) is 50.6 Å². The van der Waals surface area contributed by atoms with Crippen molar-refractivity contribution >= 4 is 34.3 Å². The highest BCUT2D eigenvalue weighted by atomic mass is 32.1. The number of nitrogen functional groups attached to an aromatic ring is 1. The lowest BCUT2D eigenvalue weighted by atomic mass is 9.96. The zero-order valence-electron chi connectivity index (χ0n) is 14.2. The van der Waals surface area contributed by atoms with Gasteiger partial charge >= 0.3 is 12.1 Å². The molecule has 3 heterocycles. The molecule has 1 aromatic heterocycles. The number of carbonyl (C=O) groups is 3. The number of carboxylic acids is 1. The Morgan fingerprint density at radius 3 is 2.63 bits per heavy atom. The van der Waals surface area contributed by atoms with Gasteiger partial charge in [0, 0.05) is 23.5 Å². The number of amides is 2. The van der Waals surface area contributed by atoms with Gasteiger partial charge in [0.2, 0.25) is 0 Å². The molecule has 2 aromatic rings.